The number of hydrogen-bond donors (Lipinski definition) is 1. The number of thiazole rings is 1. The summed E-state index contributed by atoms with van der Waals surface area (Å²) in [7, 11) is 1.61. The number of benzene rings is 3. The van der Waals surface area contributed by atoms with Crippen LogP contribution in [0.5, 0.6) is 5.75 Å². The third kappa shape index (κ3) is 6.67. The number of likely N-dealkylation sites (tertiary alicyclic amines) is 1. The Morgan fingerprint density at radius 1 is 1.05 bits per heavy atom. The predicted octanol–water partition coefficient (Wildman–Crippen LogP) is 7.06. The lowest BCUT2D eigenvalue weighted by molar-refractivity contribution is -0.132. The van der Waals surface area contributed by atoms with Crippen LogP contribution in [-0.4, -0.2) is 41.9 Å². The Labute approximate surface area is 237 Å². The summed E-state index contributed by atoms with van der Waals surface area (Å²) in [5, 5.41) is 6.50. The van der Waals surface area contributed by atoms with Gasteiger partial charge in [-0.25, -0.2) is 4.98 Å². The number of carbonyl (C=O) groups excluding carboxylic acids is 2. The second-order valence-electron chi connectivity index (χ2n) is 9.58. The number of methoxy groups -OCH3 is 1. The fraction of sp³-hybridized carbons (Fsp3) is 0.258. The van der Waals surface area contributed by atoms with Crippen molar-refractivity contribution in [1.29, 1.82) is 0 Å². The monoisotopic (exact) mass is 559 g/mol. The van der Waals surface area contributed by atoms with Gasteiger partial charge in [0.25, 0.3) is 5.91 Å². The molecule has 1 aliphatic heterocycles. The van der Waals surface area contributed by atoms with Crippen LogP contribution in [0.1, 0.15) is 46.2 Å². The number of anilines is 1. The summed E-state index contributed by atoms with van der Waals surface area (Å²) < 4.78 is 5.39. The van der Waals surface area contributed by atoms with E-state index in [1.54, 1.807) is 7.11 Å². The minimum Gasteiger partial charge on any atom is -0.497 e. The number of rotatable bonds is 8. The van der Waals surface area contributed by atoms with Crippen LogP contribution >= 0.6 is 22.9 Å². The molecule has 8 heteroatoms. The second kappa shape index (κ2) is 12.5. The fourth-order valence-corrected chi connectivity index (χ4v) is 5.92. The lowest BCUT2D eigenvalue weighted by Crippen LogP contribution is -2.38. The molecule has 0 unspecified atom stereocenters. The molecule has 3 aromatic carbocycles. The quantitative estimate of drug-likeness (QED) is 0.251. The number of nitrogens with one attached hydrogen (secondary N) is 1. The Morgan fingerprint density at radius 3 is 2.51 bits per heavy atom. The van der Waals surface area contributed by atoms with E-state index < -0.39 is 0 Å². The van der Waals surface area contributed by atoms with E-state index in [4.69, 9.17) is 16.3 Å². The number of halogens is 1. The molecule has 0 radical (unpaired) electrons. The maximum Gasteiger partial charge on any atom is 0.275 e. The van der Waals surface area contributed by atoms with E-state index in [9.17, 15) is 9.59 Å². The first-order chi connectivity index (χ1) is 19.0. The number of ether oxygens (including phenoxy) is 1. The molecule has 1 saturated heterocycles. The Balaban J connectivity index is 1.18. The van der Waals surface area contributed by atoms with Crippen molar-refractivity contribution in [2.45, 2.75) is 31.6 Å². The van der Waals surface area contributed by atoms with Gasteiger partial charge in [-0.1, -0.05) is 54.1 Å². The van der Waals surface area contributed by atoms with Gasteiger partial charge in [0.1, 0.15) is 11.4 Å². The number of hydrogen-bond acceptors (Lipinski definition) is 5. The molecule has 0 atom stereocenters. The van der Waals surface area contributed by atoms with E-state index in [0.717, 1.165) is 34.5 Å². The summed E-state index contributed by atoms with van der Waals surface area (Å²) in [6.45, 7) is 1.41. The Kier molecular flexibility index (Phi) is 8.59. The van der Waals surface area contributed by atoms with Gasteiger partial charge in [-0.2, -0.15) is 0 Å². The van der Waals surface area contributed by atoms with Gasteiger partial charge >= 0.3 is 0 Å². The molecule has 0 saturated carbocycles. The zero-order valence-corrected chi connectivity index (χ0v) is 23.3. The Hall–Kier alpha value is -3.68. The average molecular weight is 560 g/mol. The smallest absolute Gasteiger partial charge is 0.275 e. The highest BCUT2D eigenvalue weighted by atomic mass is 35.5. The van der Waals surface area contributed by atoms with Gasteiger partial charge in [-0.15, -0.1) is 11.3 Å². The van der Waals surface area contributed by atoms with Crippen LogP contribution < -0.4 is 10.1 Å². The highest BCUT2D eigenvalue weighted by Crippen LogP contribution is 2.33. The molecule has 5 rings (SSSR count). The van der Waals surface area contributed by atoms with E-state index in [2.05, 4.69) is 10.3 Å². The van der Waals surface area contributed by atoms with Gasteiger partial charge in [0.05, 0.1) is 17.8 Å². The minimum atomic E-state index is -0.252. The molecule has 6 nitrogen and oxygen atoms in total. The van der Waals surface area contributed by atoms with E-state index >= 15 is 0 Å². The first kappa shape index (κ1) is 26.9. The van der Waals surface area contributed by atoms with Gasteiger partial charge in [0.15, 0.2) is 0 Å². The first-order valence-electron chi connectivity index (χ1n) is 13.0. The van der Waals surface area contributed by atoms with Crippen LogP contribution in [-0.2, 0) is 11.2 Å². The maximum atomic E-state index is 13.2. The molecule has 2 amide bonds. The van der Waals surface area contributed by atoms with Crippen LogP contribution in [0.2, 0.25) is 5.02 Å². The highest BCUT2D eigenvalue weighted by molar-refractivity contribution is 7.10. The molecular formula is C31H30ClN3O3S. The average Bonchev–Trinajstić information content (AvgIpc) is 3.48. The number of amides is 2. The van der Waals surface area contributed by atoms with Crippen molar-refractivity contribution in [3.8, 4) is 16.9 Å². The lowest BCUT2D eigenvalue weighted by Gasteiger charge is -2.31. The van der Waals surface area contributed by atoms with Gasteiger partial charge in [-0.3, -0.25) is 9.59 Å². The van der Waals surface area contributed by atoms with E-state index in [-0.39, 0.29) is 17.7 Å². The summed E-state index contributed by atoms with van der Waals surface area (Å²) >= 11 is 7.46. The van der Waals surface area contributed by atoms with E-state index in [1.165, 1.54) is 11.3 Å². The first-order valence-corrected chi connectivity index (χ1v) is 14.3. The number of aryl methyl sites for hydroxylation is 1. The fourth-order valence-electron chi connectivity index (χ4n) is 4.83. The molecule has 1 fully saturated rings. The van der Waals surface area contributed by atoms with Crippen molar-refractivity contribution in [2.75, 3.05) is 25.5 Å². The summed E-state index contributed by atoms with van der Waals surface area (Å²) in [5.41, 5.74) is 4.10. The highest BCUT2D eigenvalue weighted by Gasteiger charge is 2.26. The van der Waals surface area contributed by atoms with Gasteiger partial charge in [0, 0.05) is 47.5 Å². The van der Waals surface area contributed by atoms with Gasteiger partial charge in [0.2, 0.25) is 5.91 Å². The molecule has 2 heterocycles. The van der Waals surface area contributed by atoms with Crippen molar-refractivity contribution in [2.24, 2.45) is 0 Å². The van der Waals surface area contributed by atoms with Crippen LogP contribution in [0.4, 0.5) is 5.69 Å². The number of aromatic nitrogens is 1. The summed E-state index contributed by atoms with van der Waals surface area (Å²) in [4.78, 5) is 32.6. The van der Waals surface area contributed by atoms with Crippen molar-refractivity contribution < 1.29 is 14.3 Å². The normalized spacial score (nSPS) is 13.7. The zero-order valence-electron chi connectivity index (χ0n) is 21.7. The summed E-state index contributed by atoms with van der Waals surface area (Å²) in [6.07, 6.45) is 2.88. The molecule has 39 heavy (non-hydrogen) atoms. The standard InChI is InChI=1S/C31H30ClN3O3S/c1-38-25-12-13-26(22-5-3-2-4-6-22)27(19-25)33-30(37)28-20-39-31(34-28)23-15-17-35(18-16-23)29(36)14-9-21-7-10-24(32)11-8-21/h2-8,10-13,19-20,23H,9,14-18H2,1H3,(H,33,37). The second-order valence-corrected chi connectivity index (χ2v) is 10.9. The molecule has 1 N–H and O–H groups in total. The third-order valence-corrected chi connectivity index (χ3v) is 8.31. The van der Waals surface area contributed by atoms with Crippen LogP contribution in [0.15, 0.2) is 78.2 Å². The van der Waals surface area contributed by atoms with E-state index in [1.807, 2.05) is 83.1 Å². The number of piperidine rings is 1. The van der Waals surface area contributed by atoms with Crippen molar-refractivity contribution in [3.63, 3.8) is 0 Å². The zero-order chi connectivity index (χ0) is 27.2. The molecule has 0 spiro atoms. The summed E-state index contributed by atoms with van der Waals surface area (Å²) in [5.74, 6) is 0.833. The maximum absolute atomic E-state index is 13.2. The van der Waals surface area contributed by atoms with Crippen LogP contribution in [0.3, 0.4) is 0 Å². The number of carbonyl (C=O) groups is 2. The Bertz CT molecular complexity index is 1430. The SMILES string of the molecule is COc1ccc(-c2ccccc2)c(NC(=O)c2csc(C3CCN(C(=O)CCc4ccc(Cl)cc4)CC3)n2)c1. The largest absolute Gasteiger partial charge is 0.497 e. The molecule has 4 aromatic rings. The minimum absolute atomic E-state index is 0.176. The van der Waals surface area contributed by atoms with Crippen LogP contribution in [0, 0.1) is 0 Å². The molecule has 1 aliphatic rings. The van der Waals surface area contributed by atoms with Crippen molar-refractivity contribution >= 4 is 40.4 Å². The third-order valence-electron chi connectivity index (χ3n) is 7.05. The molecule has 1 aromatic heterocycles. The summed E-state index contributed by atoms with van der Waals surface area (Å²) in [6, 6.07) is 23.2. The molecule has 200 valence electrons. The topological polar surface area (TPSA) is 71.5 Å². The molecule has 0 bridgehead atoms. The lowest BCUT2D eigenvalue weighted by atomic mass is 9.97. The van der Waals surface area contributed by atoms with Crippen molar-refractivity contribution in [3.05, 3.63) is 99.5 Å². The molecular weight excluding hydrogens is 530 g/mol. The number of nitrogens with zero attached hydrogens (tertiary/aromatic N) is 2. The molecule has 0 aliphatic carbocycles. The van der Waals surface area contributed by atoms with Crippen molar-refractivity contribution in [1.82, 2.24) is 9.88 Å². The van der Waals surface area contributed by atoms with Crippen LogP contribution in [0.25, 0.3) is 11.1 Å². The van der Waals surface area contributed by atoms with Gasteiger partial charge in [-0.05, 0) is 54.7 Å². The van der Waals surface area contributed by atoms with E-state index in [0.29, 0.717) is 48.1 Å². The Morgan fingerprint density at radius 2 is 1.79 bits per heavy atom. The predicted molar refractivity (Wildman–Crippen MR) is 157 cm³/mol. The van der Waals surface area contributed by atoms with Gasteiger partial charge < -0.3 is 15.0 Å².